The molecule has 1 aliphatic carbocycles. The standard InChI is InChI=1S/C17H25N3O4/c1-3-5-14-19-11(2)13(24-14)8-18-16(23)20-9-12-6-4-7-17(12,10-20)15(21)22/h12H,3-10H2,1-2H3,(H,18,23)(H,21,22)/t12-,17+/m0/s1. The number of aromatic nitrogens is 1. The Morgan fingerprint density at radius 2 is 2.29 bits per heavy atom. The Morgan fingerprint density at radius 3 is 2.96 bits per heavy atom. The van der Waals surface area contributed by atoms with Gasteiger partial charge in [-0.05, 0) is 32.1 Å². The van der Waals surface area contributed by atoms with Gasteiger partial charge < -0.3 is 19.7 Å². The smallest absolute Gasteiger partial charge is 0.317 e. The van der Waals surface area contributed by atoms with Crippen LogP contribution in [0.1, 0.15) is 50.0 Å². The summed E-state index contributed by atoms with van der Waals surface area (Å²) in [5.41, 5.74) is 0.0485. The summed E-state index contributed by atoms with van der Waals surface area (Å²) >= 11 is 0. The molecule has 0 aromatic carbocycles. The van der Waals surface area contributed by atoms with Gasteiger partial charge in [-0.25, -0.2) is 9.78 Å². The molecule has 2 atom stereocenters. The maximum atomic E-state index is 12.4. The van der Waals surface area contributed by atoms with Gasteiger partial charge in [0, 0.05) is 19.5 Å². The monoisotopic (exact) mass is 335 g/mol. The van der Waals surface area contributed by atoms with Gasteiger partial charge >= 0.3 is 12.0 Å². The molecule has 3 rings (SSSR count). The number of carboxylic acids is 1. The minimum absolute atomic E-state index is 0.0731. The van der Waals surface area contributed by atoms with Crippen LogP contribution in [0.15, 0.2) is 4.42 Å². The van der Waals surface area contributed by atoms with Crippen molar-refractivity contribution in [2.75, 3.05) is 13.1 Å². The Bertz CT molecular complexity index is 642. The molecule has 1 aromatic heterocycles. The third-order valence-corrected chi connectivity index (χ3v) is 5.38. The van der Waals surface area contributed by atoms with Crippen molar-refractivity contribution < 1.29 is 19.1 Å². The van der Waals surface area contributed by atoms with Crippen LogP contribution in [-0.2, 0) is 17.8 Å². The predicted molar refractivity (Wildman–Crippen MR) is 86.5 cm³/mol. The molecule has 1 aliphatic heterocycles. The first-order chi connectivity index (χ1) is 11.5. The summed E-state index contributed by atoms with van der Waals surface area (Å²) < 4.78 is 5.66. The topological polar surface area (TPSA) is 95.7 Å². The van der Waals surface area contributed by atoms with E-state index >= 15 is 0 Å². The highest BCUT2D eigenvalue weighted by Crippen LogP contribution is 2.48. The number of aryl methyl sites for hydroxylation is 2. The van der Waals surface area contributed by atoms with Gasteiger partial charge in [-0.2, -0.15) is 0 Å². The van der Waals surface area contributed by atoms with Gasteiger partial charge in [0.25, 0.3) is 0 Å². The number of nitrogens with one attached hydrogen (secondary N) is 1. The van der Waals surface area contributed by atoms with Crippen molar-refractivity contribution in [1.29, 1.82) is 0 Å². The van der Waals surface area contributed by atoms with E-state index in [4.69, 9.17) is 4.42 Å². The van der Waals surface area contributed by atoms with Crippen LogP contribution in [0.5, 0.6) is 0 Å². The number of nitrogens with zero attached hydrogens (tertiary/aromatic N) is 2. The first kappa shape index (κ1) is 16.8. The number of likely N-dealkylation sites (tertiary alicyclic amines) is 1. The highest BCUT2D eigenvalue weighted by Gasteiger charge is 2.55. The number of fused-ring (bicyclic) bond motifs is 1. The fraction of sp³-hybridized carbons (Fsp3) is 0.706. The minimum Gasteiger partial charge on any atom is -0.481 e. The molecule has 0 spiro atoms. The summed E-state index contributed by atoms with van der Waals surface area (Å²) in [6, 6.07) is -0.224. The molecule has 132 valence electrons. The van der Waals surface area contributed by atoms with E-state index in [-0.39, 0.29) is 18.5 Å². The normalized spacial score (nSPS) is 25.8. The highest BCUT2D eigenvalue weighted by atomic mass is 16.4. The number of rotatable bonds is 5. The number of carbonyl (C=O) groups is 2. The number of urea groups is 1. The molecule has 24 heavy (non-hydrogen) atoms. The number of oxazole rings is 1. The van der Waals surface area contributed by atoms with Crippen molar-refractivity contribution in [2.24, 2.45) is 11.3 Å². The van der Waals surface area contributed by atoms with Crippen LogP contribution < -0.4 is 5.32 Å². The van der Waals surface area contributed by atoms with Gasteiger partial charge in [-0.3, -0.25) is 4.79 Å². The number of aliphatic carboxylic acids is 1. The summed E-state index contributed by atoms with van der Waals surface area (Å²) in [5, 5.41) is 12.4. The maximum Gasteiger partial charge on any atom is 0.317 e. The lowest BCUT2D eigenvalue weighted by atomic mass is 9.81. The molecule has 2 heterocycles. The average molecular weight is 335 g/mol. The van der Waals surface area contributed by atoms with Crippen LogP contribution in [0, 0.1) is 18.3 Å². The minimum atomic E-state index is -0.768. The van der Waals surface area contributed by atoms with Crippen LogP contribution in [0.3, 0.4) is 0 Å². The lowest BCUT2D eigenvalue weighted by molar-refractivity contribution is -0.149. The zero-order chi connectivity index (χ0) is 17.3. The highest BCUT2D eigenvalue weighted by molar-refractivity contribution is 5.80. The number of carboxylic acid groups (broad SMARTS) is 1. The Morgan fingerprint density at radius 1 is 1.50 bits per heavy atom. The summed E-state index contributed by atoms with van der Waals surface area (Å²) in [6.07, 6.45) is 4.22. The van der Waals surface area contributed by atoms with E-state index < -0.39 is 11.4 Å². The summed E-state index contributed by atoms with van der Waals surface area (Å²) in [4.78, 5) is 30.1. The quantitative estimate of drug-likeness (QED) is 0.861. The molecule has 1 saturated carbocycles. The van der Waals surface area contributed by atoms with E-state index in [1.54, 1.807) is 4.90 Å². The second-order valence-electron chi connectivity index (χ2n) is 6.96. The maximum absolute atomic E-state index is 12.4. The SMILES string of the molecule is CCCc1nc(C)c(CNC(=O)N2C[C@@H]3CCC[C@@]3(C(=O)O)C2)o1. The molecular weight excluding hydrogens is 310 g/mol. The fourth-order valence-electron chi connectivity index (χ4n) is 4.03. The lowest BCUT2D eigenvalue weighted by Crippen LogP contribution is -2.41. The van der Waals surface area contributed by atoms with E-state index in [0.29, 0.717) is 31.2 Å². The third-order valence-electron chi connectivity index (χ3n) is 5.38. The second kappa shape index (κ2) is 6.45. The number of amides is 2. The molecule has 7 heteroatoms. The molecule has 1 saturated heterocycles. The van der Waals surface area contributed by atoms with Crippen molar-refractivity contribution in [3.05, 3.63) is 17.3 Å². The Kier molecular flexibility index (Phi) is 4.51. The summed E-state index contributed by atoms with van der Waals surface area (Å²) in [6.45, 7) is 5.03. The number of carbonyl (C=O) groups excluding carboxylic acids is 1. The van der Waals surface area contributed by atoms with Crippen molar-refractivity contribution in [2.45, 2.75) is 52.5 Å². The zero-order valence-electron chi connectivity index (χ0n) is 14.3. The molecule has 7 nitrogen and oxygen atoms in total. The first-order valence-corrected chi connectivity index (χ1v) is 8.67. The van der Waals surface area contributed by atoms with Crippen LogP contribution in [-0.4, -0.2) is 40.1 Å². The van der Waals surface area contributed by atoms with Crippen LogP contribution in [0.2, 0.25) is 0 Å². The number of hydrogen-bond donors (Lipinski definition) is 2. The molecule has 2 amide bonds. The molecular formula is C17H25N3O4. The second-order valence-corrected chi connectivity index (χ2v) is 6.96. The van der Waals surface area contributed by atoms with E-state index in [2.05, 4.69) is 17.2 Å². The van der Waals surface area contributed by atoms with Gasteiger partial charge in [-0.15, -0.1) is 0 Å². The molecule has 0 bridgehead atoms. The van der Waals surface area contributed by atoms with Gasteiger partial charge in [-0.1, -0.05) is 13.3 Å². The van der Waals surface area contributed by atoms with E-state index in [9.17, 15) is 14.7 Å². The summed E-state index contributed by atoms with van der Waals surface area (Å²) in [5.74, 6) is 0.665. The Labute approximate surface area is 141 Å². The summed E-state index contributed by atoms with van der Waals surface area (Å²) in [7, 11) is 0. The van der Waals surface area contributed by atoms with Crippen molar-refractivity contribution in [3.63, 3.8) is 0 Å². The predicted octanol–water partition coefficient (Wildman–Crippen LogP) is 2.33. The van der Waals surface area contributed by atoms with Crippen molar-refractivity contribution in [1.82, 2.24) is 15.2 Å². The molecule has 2 fully saturated rings. The van der Waals surface area contributed by atoms with Crippen molar-refractivity contribution >= 4 is 12.0 Å². The zero-order valence-corrected chi connectivity index (χ0v) is 14.3. The third kappa shape index (κ3) is 2.87. The molecule has 0 unspecified atom stereocenters. The van der Waals surface area contributed by atoms with E-state index in [1.165, 1.54) is 0 Å². The van der Waals surface area contributed by atoms with Gasteiger partial charge in [0.2, 0.25) is 0 Å². The van der Waals surface area contributed by atoms with E-state index in [0.717, 1.165) is 31.4 Å². The largest absolute Gasteiger partial charge is 0.481 e. The Hall–Kier alpha value is -2.05. The van der Waals surface area contributed by atoms with Crippen LogP contribution >= 0.6 is 0 Å². The molecule has 2 aliphatic rings. The van der Waals surface area contributed by atoms with Crippen molar-refractivity contribution in [3.8, 4) is 0 Å². The van der Waals surface area contributed by atoms with Gasteiger partial charge in [0.1, 0.15) is 5.76 Å². The molecule has 0 radical (unpaired) electrons. The van der Waals surface area contributed by atoms with Crippen LogP contribution in [0.25, 0.3) is 0 Å². The number of hydrogen-bond acceptors (Lipinski definition) is 4. The average Bonchev–Trinajstić information content (AvgIpc) is 3.17. The lowest BCUT2D eigenvalue weighted by Gasteiger charge is -2.23. The van der Waals surface area contributed by atoms with Crippen LogP contribution in [0.4, 0.5) is 4.79 Å². The Balaban J connectivity index is 1.59. The van der Waals surface area contributed by atoms with Gasteiger partial charge in [0.05, 0.1) is 17.7 Å². The van der Waals surface area contributed by atoms with E-state index in [1.807, 2.05) is 6.92 Å². The van der Waals surface area contributed by atoms with Gasteiger partial charge in [0.15, 0.2) is 5.89 Å². The first-order valence-electron chi connectivity index (χ1n) is 8.67. The fourth-order valence-corrected chi connectivity index (χ4v) is 4.03. The molecule has 2 N–H and O–H groups in total. The molecule has 1 aromatic rings.